The van der Waals surface area contributed by atoms with E-state index in [0.717, 1.165) is 48.3 Å². The Kier molecular flexibility index (Phi) is 7.74. The molecule has 0 radical (unpaired) electrons. The van der Waals surface area contributed by atoms with Crippen LogP contribution in [0, 0.1) is 12.8 Å². The number of likely N-dealkylation sites (tertiary alicyclic amines) is 1. The fourth-order valence-corrected chi connectivity index (χ4v) is 5.52. The molecule has 0 atom stereocenters. The van der Waals surface area contributed by atoms with E-state index in [9.17, 15) is 9.59 Å². The predicted octanol–water partition coefficient (Wildman–Crippen LogP) is 5.35. The van der Waals surface area contributed by atoms with E-state index in [1.165, 1.54) is 16.5 Å². The highest BCUT2D eigenvalue weighted by Crippen LogP contribution is 2.38. The maximum atomic E-state index is 12.7. The number of H-pyrrole nitrogens is 1. The first kappa shape index (κ1) is 26.2. The van der Waals surface area contributed by atoms with Crippen molar-refractivity contribution in [1.82, 2.24) is 19.4 Å². The summed E-state index contributed by atoms with van der Waals surface area (Å²) in [5.41, 5.74) is 6.91. The molecule has 6 nitrogen and oxygen atoms in total. The summed E-state index contributed by atoms with van der Waals surface area (Å²) in [6, 6.07) is 8.90. The van der Waals surface area contributed by atoms with E-state index in [0.29, 0.717) is 30.8 Å². The van der Waals surface area contributed by atoms with Crippen LogP contribution in [-0.2, 0) is 11.3 Å². The van der Waals surface area contributed by atoms with Gasteiger partial charge in [-0.3, -0.25) is 14.5 Å². The Morgan fingerprint density at radius 2 is 1.81 bits per heavy atom. The molecule has 0 aliphatic carbocycles. The van der Waals surface area contributed by atoms with Gasteiger partial charge in [0, 0.05) is 48.9 Å². The average molecular weight is 491 g/mol. The van der Waals surface area contributed by atoms with Crippen LogP contribution in [-0.4, -0.2) is 59.0 Å². The normalized spacial score (nSPS) is 15.4. The van der Waals surface area contributed by atoms with Crippen LogP contribution in [0.15, 0.2) is 35.3 Å². The second-order valence-electron chi connectivity index (χ2n) is 11.5. The summed E-state index contributed by atoms with van der Waals surface area (Å²) in [4.78, 5) is 32.5. The lowest BCUT2D eigenvalue weighted by atomic mass is 9.87. The molecule has 1 saturated heterocycles. The number of likely N-dealkylation sites (N-methyl/N-ethyl adjacent to an activating group) is 1. The third-order valence-electron chi connectivity index (χ3n) is 7.47. The summed E-state index contributed by atoms with van der Waals surface area (Å²) in [6.07, 6.45) is 4.16. The van der Waals surface area contributed by atoms with Gasteiger partial charge >= 0.3 is 0 Å². The number of benzene rings is 1. The molecular formula is C30H42N4O2. The Morgan fingerprint density at radius 3 is 2.42 bits per heavy atom. The molecule has 4 rings (SSSR count). The van der Waals surface area contributed by atoms with Crippen LogP contribution >= 0.6 is 0 Å². The number of aryl methyl sites for hydroxylation is 1. The standard InChI is InChI=1S/C30H42N4O2/c1-19(2)16-34-17-24(14-21(5)30(34)36)29-28(20(3)4)25-15-23(8-9-26(25)31-29)22-10-12-33(13-11-22)18-27(35)32(6)7/h8-9,14-15,17,19-20,22,31H,10-13,16,18H2,1-7H3. The average Bonchev–Trinajstić information content (AvgIpc) is 3.21. The monoisotopic (exact) mass is 490 g/mol. The molecular weight excluding hydrogens is 448 g/mol. The van der Waals surface area contributed by atoms with Crippen molar-refractivity contribution in [2.45, 2.75) is 65.8 Å². The number of amides is 1. The van der Waals surface area contributed by atoms with Gasteiger partial charge in [0.2, 0.25) is 5.91 Å². The number of hydrogen-bond acceptors (Lipinski definition) is 3. The number of carbonyl (C=O) groups excluding carboxylic acids is 1. The van der Waals surface area contributed by atoms with Crippen molar-refractivity contribution in [2.75, 3.05) is 33.7 Å². The highest BCUT2D eigenvalue weighted by atomic mass is 16.2. The van der Waals surface area contributed by atoms with Crippen molar-refractivity contribution in [1.29, 1.82) is 0 Å². The molecule has 0 bridgehead atoms. The number of pyridine rings is 1. The summed E-state index contributed by atoms with van der Waals surface area (Å²) in [5.74, 6) is 1.42. The fraction of sp³-hybridized carbons (Fsp3) is 0.533. The van der Waals surface area contributed by atoms with Crippen molar-refractivity contribution in [3.8, 4) is 11.3 Å². The minimum absolute atomic E-state index is 0.0931. The lowest BCUT2D eigenvalue weighted by Gasteiger charge is -2.32. The molecule has 194 valence electrons. The van der Waals surface area contributed by atoms with Gasteiger partial charge in [0.25, 0.3) is 5.56 Å². The molecule has 36 heavy (non-hydrogen) atoms. The van der Waals surface area contributed by atoms with E-state index in [1.807, 2.05) is 37.8 Å². The quantitative estimate of drug-likeness (QED) is 0.486. The third-order valence-corrected chi connectivity index (χ3v) is 7.47. The van der Waals surface area contributed by atoms with Crippen molar-refractivity contribution < 1.29 is 4.79 Å². The minimum Gasteiger partial charge on any atom is -0.354 e. The van der Waals surface area contributed by atoms with E-state index < -0.39 is 0 Å². The van der Waals surface area contributed by atoms with Gasteiger partial charge in [-0.25, -0.2) is 0 Å². The van der Waals surface area contributed by atoms with Crippen molar-refractivity contribution in [2.24, 2.45) is 5.92 Å². The number of fused-ring (bicyclic) bond motifs is 1. The molecule has 3 aromatic rings. The zero-order chi connectivity index (χ0) is 26.1. The van der Waals surface area contributed by atoms with Crippen LogP contribution in [0.5, 0.6) is 0 Å². The highest BCUT2D eigenvalue weighted by Gasteiger charge is 2.24. The maximum absolute atomic E-state index is 12.7. The van der Waals surface area contributed by atoms with Gasteiger partial charge in [0.1, 0.15) is 0 Å². The molecule has 0 spiro atoms. The Labute approximate surface area is 215 Å². The number of nitrogens with zero attached hydrogens (tertiary/aromatic N) is 3. The summed E-state index contributed by atoms with van der Waals surface area (Å²) in [7, 11) is 3.64. The van der Waals surface area contributed by atoms with E-state index in [-0.39, 0.29) is 11.5 Å². The Hall–Kier alpha value is -2.86. The van der Waals surface area contributed by atoms with Gasteiger partial charge in [0.15, 0.2) is 0 Å². The minimum atomic E-state index is 0.0931. The molecule has 2 aromatic heterocycles. The van der Waals surface area contributed by atoms with Crippen molar-refractivity contribution >= 4 is 16.8 Å². The molecule has 1 aliphatic rings. The second kappa shape index (κ2) is 10.6. The first-order valence-electron chi connectivity index (χ1n) is 13.3. The zero-order valence-corrected chi connectivity index (χ0v) is 23.0. The van der Waals surface area contributed by atoms with E-state index >= 15 is 0 Å². The van der Waals surface area contributed by atoms with Gasteiger partial charge in [-0.2, -0.15) is 0 Å². The largest absolute Gasteiger partial charge is 0.354 e. The molecule has 1 amide bonds. The summed E-state index contributed by atoms with van der Waals surface area (Å²) in [6.45, 7) is 13.8. The molecule has 0 unspecified atom stereocenters. The zero-order valence-electron chi connectivity index (χ0n) is 23.0. The number of aromatic nitrogens is 2. The summed E-state index contributed by atoms with van der Waals surface area (Å²) in [5, 5.41) is 1.28. The van der Waals surface area contributed by atoms with Gasteiger partial charge in [-0.1, -0.05) is 33.8 Å². The Bertz CT molecular complexity index is 1290. The van der Waals surface area contributed by atoms with Gasteiger partial charge in [0.05, 0.1) is 12.2 Å². The van der Waals surface area contributed by atoms with Crippen molar-refractivity contribution in [3.63, 3.8) is 0 Å². The van der Waals surface area contributed by atoms with E-state index in [2.05, 4.69) is 55.8 Å². The SMILES string of the molecule is Cc1cc(-c2[nH]c3ccc(C4CCN(CC(=O)N(C)C)CC4)cc3c2C(C)C)cn(CC(C)C)c1=O. The van der Waals surface area contributed by atoms with Crippen LogP contribution in [0.25, 0.3) is 22.2 Å². The highest BCUT2D eigenvalue weighted by molar-refractivity contribution is 5.92. The molecule has 0 saturated carbocycles. The van der Waals surface area contributed by atoms with Crippen LogP contribution in [0.3, 0.4) is 0 Å². The maximum Gasteiger partial charge on any atom is 0.253 e. The predicted molar refractivity (Wildman–Crippen MR) is 149 cm³/mol. The number of carbonyl (C=O) groups is 1. The van der Waals surface area contributed by atoms with Crippen LogP contribution in [0.2, 0.25) is 0 Å². The van der Waals surface area contributed by atoms with Crippen LogP contribution < -0.4 is 5.56 Å². The van der Waals surface area contributed by atoms with Gasteiger partial charge in [-0.05, 0) is 79.9 Å². The smallest absolute Gasteiger partial charge is 0.253 e. The lowest BCUT2D eigenvalue weighted by Crippen LogP contribution is -2.40. The number of piperidine rings is 1. The first-order valence-corrected chi connectivity index (χ1v) is 13.3. The third kappa shape index (κ3) is 5.44. The van der Waals surface area contributed by atoms with Gasteiger partial charge < -0.3 is 14.5 Å². The second-order valence-corrected chi connectivity index (χ2v) is 11.5. The summed E-state index contributed by atoms with van der Waals surface area (Å²) < 4.78 is 1.87. The molecule has 1 fully saturated rings. The summed E-state index contributed by atoms with van der Waals surface area (Å²) >= 11 is 0. The lowest BCUT2D eigenvalue weighted by molar-refractivity contribution is -0.130. The molecule has 1 N–H and O–H groups in total. The van der Waals surface area contributed by atoms with Crippen LogP contribution in [0.1, 0.15) is 69.1 Å². The number of rotatable bonds is 7. The number of hydrogen-bond donors (Lipinski definition) is 1. The number of aromatic amines is 1. The Balaban J connectivity index is 1.66. The molecule has 3 heterocycles. The van der Waals surface area contributed by atoms with E-state index in [4.69, 9.17) is 0 Å². The topological polar surface area (TPSA) is 61.3 Å². The first-order chi connectivity index (χ1) is 17.0. The van der Waals surface area contributed by atoms with Crippen LogP contribution in [0.4, 0.5) is 0 Å². The van der Waals surface area contributed by atoms with Crippen molar-refractivity contribution in [3.05, 3.63) is 57.5 Å². The molecule has 1 aromatic carbocycles. The molecule has 6 heteroatoms. The van der Waals surface area contributed by atoms with E-state index in [1.54, 1.807) is 4.90 Å². The Morgan fingerprint density at radius 1 is 1.11 bits per heavy atom. The number of nitrogens with one attached hydrogen (secondary N) is 1. The fourth-order valence-electron chi connectivity index (χ4n) is 5.52. The molecule has 1 aliphatic heterocycles. The van der Waals surface area contributed by atoms with Gasteiger partial charge in [-0.15, -0.1) is 0 Å².